The fourth-order valence-corrected chi connectivity index (χ4v) is 34.4. The summed E-state index contributed by atoms with van der Waals surface area (Å²) in [6, 6.07) is -2.75. The van der Waals surface area contributed by atoms with Gasteiger partial charge in [0.2, 0.25) is 0 Å². The third-order valence-electron chi connectivity index (χ3n) is 9.50. The number of rotatable bonds is 30. The molecule has 2 rings (SSSR count). The van der Waals surface area contributed by atoms with Crippen molar-refractivity contribution in [1.82, 2.24) is 0 Å². The van der Waals surface area contributed by atoms with E-state index in [0.717, 1.165) is 0 Å². The largest absolute Gasteiger partial charge is 0.483 e. The Balaban J connectivity index is 2.97. The van der Waals surface area contributed by atoms with Crippen LogP contribution in [0.4, 0.5) is 0 Å². The molecule has 4 unspecified atom stereocenters. The van der Waals surface area contributed by atoms with Gasteiger partial charge in [0.15, 0.2) is 0 Å². The van der Waals surface area contributed by atoms with Crippen LogP contribution in [-0.2, 0) is 86.0 Å². The predicted molar refractivity (Wildman–Crippen MR) is 262 cm³/mol. The van der Waals surface area contributed by atoms with Gasteiger partial charge in [0.25, 0.3) is 0 Å². The minimum absolute atomic E-state index is 0.0731. The van der Waals surface area contributed by atoms with Crippen molar-refractivity contribution in [2.45, 2.75) is 116 Å². The number of hydrogen-bond donors (Lipinski definition) is 4. The summed E-state index contributed by atoms with van der Waals surface area (Å²) in [7, 11) is -30.3. The van der Waals surface area contributed by atoms with E-state index in [1.165, 1.54) is 41.5 Å². The molecule has 2 saturated heterocycles. The van der Waals surface area contributed by atoms with Crippen LogP contribution in [0.25, 0.3) is 0 Å². The summed E-state index contributed by atoms with van der Waals surface area (Å²) >= 11 is 0. The summed E-state index contributed by atoms with van der Waals surface area (Å²) in [4.78, 5) is 125. The van der Waals surface area contributed by atoms with E-state index >= 15 is 0 Å². The van der Waals surface area contributed by atoms with Gasteiger partial charge in [-0.3, -0.25) is 0 Å². The number of carbonyl (C=O) groups is 6. The molecule has 0 aromatic heterocycles. The summed E-state index contributed by atoms with van der Waals surface area (Å²) in [5.74, 6) is -4.48. The Kier molecular flexibility index (Phi) is 25.4. The lowest BCUT2D eigenvalue weighted by Crippen LogP contribution is -2.78. The first-order valence-electron chi connectivity index (χ1n) is 22.7. The standard InChI is InChI=1S/C42H70O23Si6/c1-31(2)37(43)53-19-13-25-66(49)59-67(50,26-14-20-54-38(44)32(3)4)62-71(30-18-24-58-42(48)36(11)12)64-69(52,28-16-22-56-40(46)34(7)8)60-68(51,27-15-21-55-39(45)33(5)6)63-70(61-66,65-71)29-17-23-57-41(47)35(9)10/h49-52H,1,3,5,7,9,11,13-30H2,2,4,6,8,10,12H3. The lowest BCUT2D eigenvalue weighted by Gasteiger charge is -2.52. The quantitative estimate of drug-likeness (QED) is 0.0261. The number of fused-ring (bicyclic) bond motifs is 2. The van der Waals surface area contributed by atoms with E-state index in [9.17, 15) is 47.9 Å². The van der Waals surface area contributed by atoms with Crippen molar-refractivity contribution in [1.29, 1.82) is 0 Å². The van der Waals surface area contributed by atoms with Crippen LogP contribution in [0.5, 0.6) is 0 Å². The molecule has 71 heavy (non-hydrogen) atoms. The van der Waals surface area contributed by atoms with Gasteiger partial charge in [-0.2, -0.15) is 0 Å². The first-order valence-corrected chi connectivity index (χ1v) is 34.4. The average Bonchev–Trinajstić information content (AvgIpc) is 3.25. The molecule has 2 bridgehead atoms. The second-order valence-electron chi connectivity index (χ2n) is 17.1. The number of ether oxygens (including phenoxy) is 6. The van der Waals surface area contributed by atoms with Gasteiger partial charge in [0.1, 0.15) is 0 Å². The normalized spacial score (nSPS) is 26.1. The summed E-state index contributed by atoms with van der Waals surface area (Å²) in [5.41, 5.74) is 0.490. The van der Waals surface area contributed by atoms with Crippen molar-refractivity contribution in [2.24, 2.45) is 0 Å². The molecule has 23 nitrogen and oxygen atoms in total. The van der Waals surface area contributed by atoms with Crippen molar-refractivity contribution in [2.75, 3.05) is 39.6 Å². The highest BCUT2D eigenvalue weighted by molar-refractivity contribution is 6.94. The number of esters is 6. The van der Waals surface area contributed by atoms with Crippen LogP contribution in [0.2, 0.25) is 36.3 Å². The molecule has 29 heteroatoms. The highest BCUT2D eigenvalue weighted by atomic mass is 28.6. The maximum absolute atomic E-state index is 12.7. The smallest absolute Gasteiger partial charge is 0.462 e. The second-order valence-corrected chi connectivity index (χ2v) is 34.2. The molecule has 2 aliphatic heterocycles. The molecule has 2 fully saturated rings. The van der Waals surface area contributed by atoms with E-state index in [-0.39, 0.29) is 112 Å². The van der Waals surface area contributed by atoms with E-state index in [0.29, 0.717) is 0 Å². The Morgan fingerprint density at radius 3 is 0.648 bits per heavy atom. The molecule has 4 atom stereocenters. The average molecular weight is 1110 g/mol. The van der Waals surface area contributed by atoms with Crippen LogP contribution < -0.4 is 0 Å². The van der Waals surface area contributed by atoms with Crippen molar-refractivity contribution in [3.63, 3.8) is 0 Å². The van der Waals surface area contributed by atoms with Crippen molar-refractivity contribution >= 4 is 88.6 Å². The first-order chi connectivity index (χ1) is 32.9. The lowest BCUT2D eigenvalue weighted by atomic mass is 10.4. The number of hydrogen-bond acceptors (Lipinski definition) is 23. The van der Waals surface area contributed by atoms with Gasteiger partial charge in [-0.25, -0.2) is 28.8 Å². The van der Waals surface area contributed by atoms with E-state index in [1.54, 1.807) is 0 Å². The third-order valence-corrected chi connectivity index (χ3v) is 33.0. The van der Waals surface area contributed by atoms with Gasteiger partial charge in [-0.05, 0) is 80.1 Å². The molecule has 4 N–H and O–H groups in total. The molecule has 0 spiro atoms. The molecule has 2 heterocycles. The van der Waals surface area contributed by atoms with Crippen LogP contribution in [0.1, 0.15) is 80.1 Å². The molecular formula is C42H70O23Si6. The predicted octanol–water partition coefficient (Wildman–Crippen LogP) is 3.79. The van der Waals surface area contributed by atoms with E-state index in [2.05, 4.69) is 39.5 Å². The lowest BCUT2D eigenvalue weighted by molar-refractivity contribution is -0.139. The van der Waals surface area contributed by atoms with Crippen molar-refractivity contribution < 1.29 is 105 Å². The maximum atomic E-state index is 12.7. The Morgan fingerprint density at radius 2 is 0.479 bits per heavy atom. The van der Waals surface area contributed by atoms with Gasteiger partial charge in [0, 0.05) is 69.7 Å². The van der Waals surface area contributed by atoms with Crippen LogP contribution in [0, 0.1) is 0 Å². The second kappa shape index (κ2) is 28.5. The Morgan fingerprint density at radius 1 is 0.310 bits per heavy atom. The van der Waals surface area contributed by atoms with Crippen LogP contribution in [0.15, 0.2) is 72.9 Å². The van der Waals surface area contributed by atoms with Crippen LogP contribution >= 0.6 is 0 Å². The molecule has 0 aromatic carbocycles. The molecule has 0 radical (unpaired) electrons. The van der Waals surface area contributed by atoms with Gasteiger partial charge < -0.3 is 76.4 Å². The van der Waals surface area contributed by atoms with Gasteiger partial charge in [-0.1, -0.05) is 39.5 Å². The fraction of sp³-hybridized carbons (Fsp3) is 0.571. The van der Waals surface area contributed by atoms with Crippen molar-refractivity contribution in [3.8, 4) is 0 Å². The van der Waals surface area contributed by atoms with E-state index in [4.69, 9.17) is 57.2 Å². The zero-order valence-electron chi connectivity index (χ0n) is 41.5. The summed E-state index contributed by atoms with van der Waals surface area (Å²) in [6.07, 6.45) is -0.981. The zero-order chi connectivity index (χ0) is 53.8. The molecule has 0 aliphatic carbocycles. The minimum atomic E-state index is -5.05. The monoisotopic (exact) mass is 1110 g/mol. The number of carbonyl (C=O) groups excluding carboxylic acids is 6. The van der Waals surface area contributed by atoms with Gasteiger partial charge in [0.05, 0.1) is 39.6 Å². The molecule has 2 aliphatic rings. The van der Waals surface area contributed by atoms with Gasteiger partial charge in [-0.15, -0.1) is 0 Å². The molecular weight excluding hydrogens is 1040 g/mol. The topological polar surface area (TPSA) is 303 Å². The molecule has 400 valence electrons. The molecule has 0 saturated carbocycles. The Bertz CT molecular complexity index is 1780. The maximum Gasteiger partial charge on any atom is 0.483 e. The van der Waals surface area contributed by atoms with Gasteiger partial charge >= 0.3 is 88.6 Å². The van der Waals surface area contributed by atoms with E-state index < -0.39 is 125 Å². The fourth-order valence-electron chi connectivity index (χ4n) is 6.12. The Hall–Kier alpha value is -3.88. The molecule has 0 amide bonds. The first kappa shape index (κ1) is 63.2. The van der Waals surface area contributed by atoms with Crippen LogP contribution in [-0.4, -0.2) is 147 Å². The Labute approximate surface area is 421 Å². The highest BCUT2D eigenvalue weighted by Crippen LogP contribution is 2.43. The third kappa shape index (κ3) is 22.4. The summed E-state index contributed by atoms with van der Waals surface area (Å²) < 4.78 is 77.7. The van der Waals surface area contributed by atoms with E-state index in [1.807, 2.05) is 0 Å². The van der Waals surface area contributed by atoms with Crippen molar-refractivity contribution in [3.05, 3.63) is 72.9 Å². The highest BCUT2D eigenvalue weighted by Gasteiger charge is 2.72. The molecule has 0 aromatic rings. The summed E-state index contributed by atoms with van der Waals surface area (Å²) in [6.45, 7) is 28.1. The minimum Gasteiger partial charge on any atom is -0.462 e. The van der Waals surface area contributed by atoms with Crippen LogP contribution in [0.3, 0.4) is 0 Å². The summed E-state index contributed by atoms with van der Waals surface area (Å²) in [5, 5.41) is 0. The SMILES string of the molecule is C=C(C)C(=O)OCCC[Si]1(O)O[Si](O)(CCCOC(=O)C(=C)C)O[Si]2(CCCOC(=O)C(=C)C)O[Si](O)(CCCOC(=O)C(=C)C)O[Si](O)(CCCOC(=O)C(=C)C)O[Si](CCCOC(=O)C(=C)C)(O1)O2. The zero-order valence-corrected chi connectivity index (χ0v) is 47.5.